The quantitative estimate of drug-likeness (QED) is 0.725. The van der Waals surface area contributed by atoms with Crippen LogP contribution in [0.1, 0.15) is 43.9 Å². The minimum Gasteiger partial charge on any atom is -0.306 e. The highest BCUT2D eigenvalue weighted by atomic mass is 127. The van der Waals surface area contributed by atoms with Crippen molar-refractivity contribution in [3.05, 3.63) is 37.9 Å². The van der Waals surface area contributed by atoms with Gasteiger partial charge in [-0.15, -0.1) is 11.3 Å². The van der Waals surface area contributed by atoms with E-state index in [9.17, 15) is 0 Å². The van der Waals surface area contributed by atoms with Crippen molar-refractivity contribution >= 4 is 33.9 Å². The van der Waals surface area contributed by atoms with E-state index in [1.807, 2.05) is 10.9 Å². The molecule has 0 aliphatic carbocycles. The maximum Gasteiger partial charge on any atom is 0.0656 e. The number of nitrogens with zero attached hydrogens (tertiary/aromatic N) is 2. The Morgan fingerprint density at radius 2 is 2.21 bits per heavy atom. The van der Waals surface area contributed by atoms with Gasteiger partial charge in [-0.25, -0.2) is 0 Å². The van der Waals surface area contributed by atoms with E-state index < -0.39 is 0 Å². The van der Waals surface area contributed by atoms with Gasteiger partial charge < -0.3 is 5.32 Å². The first-order valence-electron chi connectivity index (χ1n) is 6.74. The second-order valence-corrected chi connectivity index (χ2v) is 7.41. The van der Waals surface area contributed by atoms with Crippen LogP contribution in [-0.4, -0.2) is 16.3 Å². The SMILES string of the molecule is CCCNC(c1csc(I)c1)c1cnn(CCC)c1. The minimum atomic E-state index is 0.269. The van der Waals surface area contributed by atoms with Crippen LogP contribution in [-0.2, 0) is 6.54 Å². The largest absolute Gasteiger partial charge is 0.306 e. The number of hydrogen-bond donors (Lipinski definition) is 1. The molecule has 0 radical (unpaired) electrons. The topological polar surface area (TPSA) is 29.9 Å². The molecule has 2 rings (SSSR count). The van der Waals surface area contributed by atoms with Gasteiger partial charge in [0.15, 0.2) is 0 Å². The maximum absolute atomic E-state index is 4.45. The first kappa shape index (κ1) is 15.0. The number of nitrogens with one attached hydrogen (secondary N) is 1. The summed E-state index contributed by atoms with van der Waals surface area (Å²) in [5.41, 5.74) is 2.61. The second-order valence-electron chi connectivity index (χ2n) is 4.61. The molecule has 0 aromatic carbocycles. The molecule has 19 heavy (non-hydrogen) atoms. The van der Waals surface area contributed by atoms with E-state index in [4.69, 9.17) is 0 Å². The average molecular weight is 389 g/mol. The predicted molar refractivity (Wildman–Crippen MR) is 89.7 cm³/mol. The summed E-state index contributed by atoms with van der Waals surface area (Å²) in [6.07, 6.45) is 6.42. The fourth-order valence-electron chi connectivity index (χ4n) is 2.07. The van der Waals surface area contributed by atoms with Gasteiger partial charge in [0.25, 0.3) is 0 Å². The molecule has 0 amide bonds. The Kier molecular flexibility index (Phi) is 5.84. The van der Waals surface area contributed by atoms with Gasteiger partial charge in [-0.3, -0.25) is 4.68 Å². The van der Waals surface area contributed by atoms with Crippen LogP contribution in [0.3, 0.4) is 0 Å². The van der Waals surface area contributed by atoms with E-state index in [0.717, 1.165) is 25.9 Å². The number of rotatable bonds is 7. The number of hydrogen-bond acceptors (Lipinski definition) is 3. The van der Waals surface area contributed by atoms with Crippen molar-refractivity contribution in [1.29, 1.82) is 0 Å². The van der Waals surface area contributed by atoms with E-state index in [1.54, 1.807) is 11.3 Å². The zero-order chi connectivity index (χ0) is 13.7. The zero-order valence-electron chi connectivity index (χ0n) is 11.4. The first-order valence-corrected chi connectivity index (χ1v) is 8.70. The van der Waals surface area contributed by atoms with E-state index in [2.05, 4.69) is 64.5 Å². The third kappa shape index (κ3) is 4.03. The molecule has 2 aromatic heterocycles. The molecule has 104 valence electrons. The first-order chi connectivity index (χ1) is 9.24. The van der Waals surface area contributed by atoms with Crippen LogP contribution in [0.5, 0.6) is 0 Å². The molecule has 0 aliphatic heterocycles. The average Bonchev–Trinajstić information content (AvgIpc) is 3.01. The fraction of sp³-hybridized carbons (Fsp3) is 0.500. The highest BCUT2D eigenvalue weighted by molar-refractivity contribution is 14.1. The van der Waals surface area contributed by atoms with E-state index in [0.29, 0.717) is 0 Å². The summed E-state index contributed by atoms with van der Waals surface area (Å²) in [4.78, 5) is 0. The van der Waals surface area contributed by atoms with Crippen molar-refractivity contribution in [2.45, 2.75) is 39.3 Å². The number of thiophene rings is 1. The minimum absolute atomic E-state index is 0.269. The molecule has 0 bridgehead atoms. The summed E-state index contributed by atoms with van der Waals surface area (Å²) >= 11 is 4.18. The Balaban J connectivity index is 2.20. The molecular formula is C14H20IN3S. The van der Waals surface area contributed by atoms with Crippen molar-refractivity contribution in [3.8, 4) is 0 Å². The van der Waals surface area contributed by atoms with E-state index >= 15 is 0 Å². The molecule has 0 saturated heterocycles. The molecule has 1 N–H and O–H groups in total. The molecule has 2 aromatic rings. The standard InChI is InChI=1S/C14H20IN3S/c1-3-5-16-14(11-7-13(15)19-10-11)12-8-17-18(9-12)6-4-2/h7-10,14,16H,3-6H2,1-2H3. The van der Waals surface area contributed by atoms with E-state index in [-0.39, 0.29) is 6.04 Å². The van der Waals surface area contributed by atoms with Gasteiger partial charge >= 0.3 is 0 Å². The van der Waals surface area contributed by atoms with Gasteiger partial charge in [-0.2, -0.15) is 5.10 Å². The van der Waals surface area contributed by atoms with E-state index in [1.165, 1.54) is 14.0 Å². The summed E-state index contributed by atoms with van der Waals surface area (Å²) in [6, 6.07) is 2.53. The lowest BCUT2D eigenvalue weighted by Gasteiger charge is -2.15. The van der Waals surface area contributed by atoms with Crippen LogP contribution in [0.25, 0.3) is 0 Å². The Morgan fingerprint density at radius 3 is 2.84 bits per heavy atom. The lowest BCUT2D eigenvalue weighted by molar-refractivity contribution is 0.589. The summed E-state index contributed by atoms with van der Waals surface area (Å²) in [5, 5.41) is 10.3. The number of aromatic nitrogens is 2. The maximum atomic E-state index is 4.45. The highest BCUT2D eigenvalue weighted by Gasteiger charge is 2.16. The van der Waals surface area contributed by atoms with Crippen LogP contribution in [0.4, 0.5) is 0 Å². The molecule has 3 nitrogen and oxygen atoms in total. The fourth-order valence-corrected chi connectivity index (χ4v) is 3.47. The third-order valence-corrected chi connectivity index (χ3v) is 4.77. The molecule has 2 heterocycles. The summed E-state index contributed by atoms with van der Waals surface area (Å²) in [5.74, 6) is 0. The van der Waals surface area contributed by atoms with Crippen LogP contribution in [0.2, 0.25) is 0 Å². The second kappa shape index (κ2) is 7.40. The van der Waals surface area contributed by atoms with Crippen LogP contribution in [0, 0.1) is 2.88 Å². The van der Waals surface area contributed by atoms with Crippen LogP contribution < -0.4 is 5.32 Å². The lowest BCUT2D eigenvalue weighted by atomic mass is 10.1. The Morgan fingerprint density at radius 1 is 1.37 bits per heavy atom. The summed E-state index contributed by atoms with van der Waals surface area (Å²) in [6.45, 7) is 6.38. The van der Waals surface area contributed by atoms with Crippen molar-refractivity contribution in [2.75, 3.05) is 6.54 Å². The molecule has 1 atom stereocenters. The molecule has 0 spiro atoms. The summed E-state index contributed by atoms with van der Waals surface area (Å²) in [7, 11) is 0. The third-order valence-electron chi connectivity index (χ3n) is 2.96. The Hall–Kier alpha value is -0.400. The highest BCUT2D eigenvalue weighted by Crippen LogP contribution is 2.27. The Bertz CT molecular complexity index is 506. The van der Waals surface area contributed by atoms with Crippen molar-refractivity contribution in [3.63, 3.8) is 0 Å². The number of aryl methyl sites for hydroxylation is 1. The van der Waals surface area contributed by atoms with Gasteiger partial charge in [0.2, 0.25) is 0 Å². The van der Waals surface area contributed by atoms with Crippen LogP contribution >= 0.6 is 33.9 Å². The van der Waals surface area contributed by atoms with Crippen LogP contribution in [0.15, 0.2) is 23.8 Å². The van der Waals surface area contributed by atoms with Crippen molar-refractivity contribution in [2.24, 2.45) is 0 Å². The smallest absolute Gasteiger partial charge is 0.0656 e. The zero-order valence-corrected chi connectivity index (χ0v) is 14.4. The van der Waals surface area contributed by atoms with Gasteiger partial charge in [-0.05, 0) is 59.0 Å². The predicted octanol–water partition coefficient (Wildman–Crippen LogP) is 4.05. The van der Waals surface area contributed by atoms with Gasteiger partial charge in [-0.1, -0.05) is 13.8 Å². The molecular weight excluding hydrogens is 369 g/mol. The van der Waals surface area contributed by atoms with Crippen molar-refractivity contribution < 1.29 is 0 Å². The normalized spacial score (nSPS) is 12.8. The molecule has 1 unspecified atom stereocenters. The molecule has 0 saturated carbocycles. The van der Waals surface area contributed by atoms with Gasteiger partial charge in [0, 0.05) is 18.3 Å². The molecule has 5 heteroatoms. The van der Waals surface area contributed by atoms with Crippen molar-refractivity contribution in [1.82, 2.24) is 15.1 Å². The van der Waals surface area contributed by atoms with Gasteiger partial charge in [0.1, 0.15) is 0 Å². The number of halogens is 1. The monoisotopic (exact) mass is 389 g/mol. The molecule has 0 fully saturated rings. The molecule has 0 aliphatic rings. The summed E-state index contributed by atoms with van der Waals surface area (Å²) < 4.78 is 3.37. The Labute approximate surface area is 132 Å². The lowest BCUT2D eigenvalue weighted by Crippen LogP contribution is -2.22. The van der Waals surface area contributed by atoms with Gasteiger partial charge in [0.05, 0.1) is 15.1 Å².